The zero-order chi connectivity index (χ0) is 19.9. The van der Waals surface area contributed by atoms with E-state index in [1.165, 1.54) is 24.7 Å². The van der Waals surface area contributed by atoms with Gasteiger partial charge < -0.3 is 9.47 Å². The maximum atomic E-state index is 12.4. The van der Waals surface area contributed by atoms with E-state index in [2.05, 4.69) is 0 Å². The molecule has 0 saturated carbocycles. The lowest BCUT2D eigenvalue weighted by atomic mass is 9.89. The number of Topliss-reactive ketones (excluding diaryl/α,β-unsaturated/α-hetero) is 2. The van der Waals surface area contributed by atoms with Crippen LogP contribution < -0.4 is 4.74 Å². The number of rotatable bonds is 8. The Labute approximate surface area is 164 Å². The fourth-order valence-corrected chi connectivity index (χ4v) is 3.44. The number of fused-ring (bicyclic) bond motifs is 1. The minimum absolute atomic E-state index is 0.0465. The Kier molecular flexibility index (Phi) is 6.58. The smallest absolute Gasteiger partial charge is 0.306 e. The summed E-state index contributed by atoms with van der Waals surface area (Å²) in [4.78, 5) is 36.5. The third-order valence-corrected chi connectivity index (χ3v) is 5.00. The van der Waals surface area contributed by atoms with Gasteiger partial charge in [-0.15, -0.1) is 0 Å². The van der Waals surface area contributed by atoms with E-state index in [9.17, 15) is 14.4 Å². The molecule has 0 aliphatic heterocycles. The van der Waals surface area contributed by atoms with Gasteiger partial charge in [-0.25, -0.2) is 0 Å². The lowest BCUT2D eigenvalue weighted by Gasteiger charge is -2.16. The maximum absolute atomic E-state index is 12.4. The summed E-state index contributed by atoms with van der Waals surface area (Å²) in [6.45, 7) is -0.369. The number of hydrogen-bond acceptors (Lipinski definition) is 5. The van der Waals surface area contributed by atoms with Gasteiger partial charge in [0.25, 0.3) is 0 Å². The van der Waals surface area contributed by atoms with Crippen LogP contribution in [0.2, 0.25) is 0 Å². The molecule has 5 heteroatoms. The summed E-state index contributed by atoms with van der Waals surface area (Å²) in [7, 11) is 1.48. The number of aryl methyl sites for hydroxylation is 2. The molecule has 0 bridgehead atoms. The SMILES string of the molecule is COc1ccccc1C(=O)COC(=O)CCC(=O)c1ccc2c(c1)CCCC2. The van der Waals surface area contributed by atoms with Crippen LogP contribution in [0.1, 0.15) is 57.5 Å². The van der Waals surface area contributed by atoms with Crippen molar-refractivity contribution in [3.05, 3.63) is 64.7 Å². The number of esters is 1. The normalized spacial score (nSPS) is 12.8. The molecule has 0 spiro atoms. The molecule has 0 heterocycles. The highest BCUT2D eigenvalue weighted by molar-refractivity contribution is 6.01. The Balaban J connectivity index is 1.49. The lowest BCUT2D eigenvalue weighted by molar-refractivity contribution is -0.142. The Hall–Kier alpha value is -2.95. The second-order valence-electron chi connectivity index (χ2n) is 6.90. The van der Waals surface area contributed by atoms with Gasteiger partial charge in [0.15, 0.2) is 12.4 Å². The molecule has 0 unspecified atom stereocenters. The first-order valence-corrected chi connectivity index (χ1v) is 9.55. The predicted molar refractivity (Wildman–Crippen MR) is 105 cm³/mol. The summed E-state index contributed by atoms with van der Waals surface area (Å²) in [6.07, 6.45) is 4.44. The topological polar surface area (TPSA) is 69.7 Å². The van der Waals surface area contributed by atoms with Crippen molar-refractivity contribution in [1.82, 2.24) is 0 Å². The molecule has 5 nitrogen and oxygen atoms in total. The highest BCUT2D eigenvalue weighted by Crippen LogP contribution is 2.23. The van der Waals surface area contributed by atoms with Crippen LogP contribution in [0.15, 0.2) is 42.5 Å². The number of carbonyl (C=O) groups excluding carboxylic acids is 3. The zero-order valence-corrected chi connectivity index (χ0v) is 16.0. The number of ketones is 2. The molecule has 146 valence electrons. The fraction of sp³-hybridized carbons (Fsp3) is 0.348. The van der Waals surface area contributed by atoms with Crippen LogP contribution in [0.3, 0.4) is 0 Å². The Morgan fingerprint density at radius 2 is 1.64 bits per heavy atom. The van der Waals surface area contributed by atoms with Crippen molar-refractivity contribution < 1.29 is 23.9 Å². The minimum atomic E-state index is -0.561. The van der Waals surface area contributed by atoms with Gasteiger partial charge >= 0.3 is 5.97 Å². The quantitative estimate of drug-likeness (QED) is 0.512. The number of carbonyl (C=O) groups is 3. The lowest BCUT2D eigenvalue weighted by Crippen LogP contribution is -2.16. The molecular weight excluding hydrogens is 356 g/mol. The van der Waals surface area contributed by atoms with Crippen molar-refractivity contribution in [2.45, 2.75) is 38.5 Å². The van der Waals surface area contributed by atoms with Gasteiger partial charge in [0, 0.05) is 12.0 Å². The van der Waals surface area contributed by atoms with Gasteiger partial charge in [0.1, 0.15) is 5.75 Å². The molecule has 0 fully saturated rings. The molecule has 0 saturated heterocycles. The monoisotopic (exact) mass is 380 g/mol. The minimum Gasteiger partial charge on any atom is -0.496 e. The van der Waals surface area contributed by atoms with Gasteiger partial charge in [-0.2, -0.15) is 0 Å². The number of methoxy groups -OCH3 is 1. The van der Waals surface area contributed by atoms with E-state index in [-0.39, 0.29) is 31.0 Å². The van der Waals surface area contributed by atoms with Crippen LogP contribution in [0.25, 0.3) is 0 Å². The molecule has 28 heavy (non-hydrogen) atoms. The third kappa shape index (κ3) is 4.85. The van der Waals surface area contributed by atoms with Crippen molar-refractivity contribution in [2.24, 2.45) is 0 Å². The number of para-hydroxylation sites is 1. The second kappa shape index (κ2) is 9.31. The molecule has 1 aliphatic rings. The van der Waals surface area contributed by atoms with Gasteiger partial charge in [0.2, 0.25) is 5.78 Å². The number of hydrogen-bond donors (Lipinski definition) is 0. The van der Waals surface area contributed by atoms with Crippen molar-refractivity contribution in [3.8, 4) is 5.75 Å². The summed E-state index contributed by atoms with van der Waals surface area (Å²) in [6, 6.07) is 12.6. The average Bonchev–Trinajstić information content (AvgIpc) is 2.75. The van der Waals surface area contributed by atoms with E-state index in [0.29, 0.717) is 16.9 Å². The van der Waals surface area contributed by atoms with E-state index < -0.39 is 5.97 Å². The van der Waals surface area contributed by atoms with Crippen LogP contribution in [0.4, 0.5) is 0 Å². The molecule has 3 rings (SSSR count). The zero-order valence-electron chi connectivity index (χ0n) is 16.0. The first-order chi connectivity index (χ1) is 13.6. The Morgan fingerprint density at radius 1 is 0.893 bits per heavy atom. The first kappa shape index (κ1) is 19.8. The molecule has 0 aromatic heterocycles. The fourth-order valence-electron chi connectivity index (χ4n) is 3.44. The summed E-state index contributed by atoms with van der Waals surface area (Å²) >= 11 is 0. The standard InChI is InChI=1S/C23H24O5/c1-27-22-9-5-4-8-19(22)21(25)15-28-23(26)13-12-20(24)18-11-10-16-6-2-3-7-17(16)14-18/h4-5,8-11,14H,2-3,6-7,12-13,15H2,1H3. The van der Waals surface area contributed by atoms with Crippen LogP contribution in [-0.4, -0.2) is 31.3 Å². The predicted octanol–water partition coefficient (Wildman–Crippen LogP) is 3.96. The molecule has 0 atom stereocenters. The Morgan fingerprint density at radius 3 is 2.43 bits per heavy atom. The van der Waals surface area contributed by atoms with E-state index in [0.717, 1.165) is 19.3 Å². The van der Waals surface area contributed by atoms with Gasteiger partial charge in [-0.05, 0) is 55.0 Å². The van der Waals surface area contributed by atoms with Crippen molar-refractivity contribution in [3.63, 3.8) is 0 Å². The average molecular weight is 380 g/mol. The number of benzene rings is 2. The molecule has 2 aromatic carbocycles. The van der Waals surface area contributed by atoms with Crippen LogP contribution in [0, 0.1) is 0 Å². The molecule has 2 aromatic rings. The largest absolute Gasteiger partial charge is 0.496 e. The summed E-state index contributed by atoms with van der Waals surface area (Å²) < 4.78 is 10.2. The van der Waals surface area contributed by atoms with E-state index in [1.807, 2.05) is 18.2 Å². The molecular formula is C23H24O5. The molecule has 1 aliphatic carbocycles. The Bertz CT molecular complexity index is 884. The summed E-state index contributed by atoms with van der Waals surface area (Å²) in [5, 5.41) is 0. The van der Waals surface area contributed by atoms with Gasteiger partial charge in [-0.3, -0.25) is 14.4 Å². The van der Waals surface area contributed by atoms with Crippen molar-refractivity contribution >= 4 is 17.5 Å². The number of ether oxygens (including phenoxy) is 2. The summed E-state index contributed by atoms with van der Waals surface area (Å²) in [5.74, 6) is -0.547. The molecule has 0 amide bonds. The highest BCUT2D eigenvalue weighted by Gasteiger charge is 2.17. The van der Waals surface area contributed by atoms with Crippen LogP contribution in [0.5, 0.6) is 5.75 Å². The van der Waals surface area contributed by atoms with Crippen LogP contribution in [-0.2, 0) is 22.4 Å². The van der Waals surface area contributed by atoms with E-state index in [1.54, 1.807) is 24.3 Å². The highest BCUT2D eigenvalue weighted by atomic mass is 16.5. The molecule has 0 N–H and O–H groups in total. The first-order valence-electron chi connectivity index (χ1n) is 9.55. The maximum Gasteiger partial charge on any atom is 0.306 e. The van der Waals surface area contributed by atoms with E-state index in [4.69, 9.17) is 9.47 Å². The van der Waals surface area contributed by atoms with E-state index >= 15 is 0 Å². The summed E-state index contributed by atoms with van der Waals surface area (Å²) in [5.41, 5.74) is 3.56. The van der Waals surface area contributed by atoms with Crippen molar-refractivity contribution in [2.75, 3.05) is 13.7 Å². The van der Waals surface area contributed by atoms with Crippen LogP contribution >= 0.6 is 0 Å². The van der Waals surface area contributed by atoms with Gasteiger partial charge in [0.05, 0.1) is 19.1 Å². The van der Waals surface area contributed by atoms with Crippen molar-refractivity contribution in [1.29, 1.82) is 0 Å². The third-order valence-electron chi connectivity index (χ3n) is 5.00. The molecule has 0 radical (unpaired) electrons. The van der Waals surface area contributed by atoms with Gasteiger partial charge in [-0.1, -0.05) is 24.3 Å². The second-order valence-corrected chi connectivity index (χ2v) is 6.90.